The van der Waals surface area contributed by atoms with Gasteiger partial charge in [0.05, 0.1) is 18.6 Å². The molecule has 138 valence electrons. The minimum atomic E-state index is -4.13. The predicted octanol–water partition coefficient (Wildman–Crippen LogP) is 3.12. The highest BCUT2D eigenvalue weighted by Crippen LogP contribution is 2.23. The van der Waals surface area contributed by atoms with Crippen LogP contribution in [-0.4, -0.2) is 28.1 Å². The fourth-order valence-electron chi connectivity index (χ4n) is 2.05. The Hall–Kier alpha value is -2.87. The fourth-order valence-corrected chi connectivity index (χ4v) is 3.32. The van der Waals surface area contributed by atoms with Gasteiger partial charge in [-0.05, 0) is 55.5 Å². The zero-order chi connectivity index (χ0) is 19.2. The third kappa shape index (κ3) is 4.60. The highest BCUT2D eigenvalue weighted by molar-refractivity contribution is 7.96. The van der Waals surface area contributed by atoms with Crippen LogP contribution in [0.5, 0.6) is 5.75 Å². The number of sulfone groups is 1. The van der Waals surface area contributed by atoms with Crippen molar-refractivity contribution in [3.8, 4) is 5.75 Å². The quantitative estimate of drug-likeness (QED) is 0.588. The van der Waals surface area contributed by atoms with E-state index in [-0.39, 0.29) is 4.90 Å². The van der Waals surface area contributed by atoms with Crippen molar-refractivity contribution in [1.29, 1.82) is 0 Å². The van der Waals surface area contributed by atoms with Crippen molar-refractivity contribution in [2.24, 2.45) is 0 Å². The van der Waals surface area contributed by atoms with Gasteiger partial charge < -0.3 is 14.8 Å². The van der Waals surface area contributed by atoms with Crippen LogP contribution >= 0.6 is 0 Å². The summed E-state index contributed by atoms with van der Waals surface area (Å²) in [5.74, 6) is -0.942. The van der Waals surface area contributed by atoms with Crippen molar-refractivity contribution in [2.45, 2.75) is 11.8 Å². The second-order valence-electron chi connectivity index (χ2n) is 5.06. The number of halogens is 1. The van der Waals surface area contributed by atoms with E-state index in [4.69, 9.17) is 4.74 Å². The summed E-state index contributed by atoms with van der Waals surface area (Å²) in [6.45, 7) is 2.25. The molecule has 0 aromatic heterocycles. The molecule has 2 rings (SSSR count). The Morgan fingerprint density at radius 1 is 1.12 bits per heavy atom. The van der Waals surface area contributed by atoms with Crippen molar-refractivity contribution in [2.75, 3.05) is 19.0 Å². The van der Waals surface area contributed by atoms with Crippen LogP contribution < -0.4 is 10.1 Å². The number of ether oxygens (including phenoxy) is 2. The van der Waals surface area contributed by atoms with Crippen LogP contribution in [0.15, 0.2) is 64.5 Å². The summed E-state index contributed by atoms with van der Waals surface area (Å²) in [5.41, 5.74) is 0.412. The summed E-state index contributed by atoms with van der Waals surface area (Å²) in [5, 5.41) is 2.66. The molecule has 1 N–H and O–H groups in total. The summed E-state index contributed by atoms with van der Waals surface area (Å²) < 4.78 is 48.3. The van der Waals surface area contributed by atoms with E-state index in [2.05, 4.69) is 10.1 Å². The Balaban J connectivity index is 2.36. The second-order valence-corrected chi connectivity index (χ2v) is 6.98. The molecule has 0 spiro atoms. The molecule has 0 saturated carbocycles. The molecule has 8 heteroatoms. The molecule has 0 radical (unpaired) electrons. The molecule has 0 unspecified atom stereocenters. The maximum absolute atomic E-state index is 12.9. The fraction of sp³-hybridized carbons (Fsp3) is 0.167. The molecule has 2 aromatic carbocycles. The van der Waals surface area contributed by atoms with Crippen molar-refractivity contribution >= 4 is 21.5 Å². The number of methoxy groups -OCH3 is 1. The van der Waals surface area contributed by atoms with Gasteiger partial charge in [-0.2, -0.15) is 0 Å². The van der Waals surface area contributed by atoms with Crippen LogP contribution in [-0.2, 0) is 19.4 Å². The number of esters is 1. The first-order valence-corrected chi connectivity index (χ1v) is 9.15. The van der Waals surface area contributed by atoms with Crippen LogP contribution in [0.25, 0.3) is 0 Å². The van der Waals surface area contributed by atoms with E-state index in [0.29, 0.717) is 18.0 Å². The van der Waals surface area contributed by atoms with Crippen LogP contribution in [0.4, 0.5) is 10.1 Å². The molecule has 0 atom stereocenters. The molecular formula is C18H18FNO5S. The molecule has 6 nitrogen and oxygen atoms in total. The SMILES string of the molecule is CCOc1ccc(S(=O)(=O)/C(=C\Nc2ccc(F)cc2)C(=O)OC)cc1. The monoisotopic (exact) mass is 379 g/mol. The maximum atomic E-state index is 12.9. The maximum Gasteiger partial charge on any atom is 0.351 e. The van der Waals surface area contributed by atoms with Crippen molar-refractivity contribution in [1.82, 2.24) is 0 Å². The summed E-state index contributed by atoms with van der Waals surface area (Å²) in [7, 11) is -3.04. The second kappa shape index (κ2) is 8.48. The average Bonchev–Trinajstić information content (AvgIpc) is 2.63. The van der Waals surface area contributed by atoms with E-state index < -0.39 is 26.5 Å². The first kappa shape index (κ1) is 19.5. The van der Waals surface area contributed by atoms with Gasteiger partial charge >= 0.3 is 5.97 Å². The molecule has 0 saturated heterocycles. The number of hydrogen-bond acceptors (Lipinski definition) is 6. The lowest BCUT2D eigenvalue weighted by Gasteiger charge is -2.10. The Labute approximate surface area is 151 Å². The van der Waals surface area contributed by atoms with Gasteiger partial charge in [0.1, 0.15) is 11.6 Å². The lowest BCUT2D eigenvalue weighted by atomic mass is 10.3. The largest absolute Gasteiger partial charge is 0.494 e. The Morgan fingerprint density at radius 3 is 2.27 bits per heavy atom. The molecule has 0 aliphatic carbocycles. The zero-order valence-corrected chi connectivity index (χ0v) is 15.0. The van der Waals surface area contributed by atoms with E-state index in [0.717, 1.165) is 13.3 Å². The Bertz CT molecular complexity index is 890. The number of rotatable bonds is 7. The van der Waals surface area contributed by atoms with Gasteiger partial charge in [-0.1, -0.05) is 0 Å². The molecule has 2 aromatic rings. The Kier molecular flexibility index (Phi) is 6.35. The molecule has 0 fully saturated rings. The van der Waals surface area contributed by atoms with Crippen LogP contribution in [0.3, 0.4) is 0 Å². The molecule has 26 heavy (non-hydrogen) atoms. The lowest BCUT2D eigenvalue weighted by molar-refractivity contribution is -0.135. The van der Waals surface area contributed by atoms with Gasteiger partial charge in [-0.25, -0.2) is 17.6 Å². The predicted molar refractivity (Wildman–Crippen MR) is 94.9 cm³/mol. The van der Waals surface area contributed by atoms with Crippen LogP contribution in [0.2, 0.25) is 0 Å². The molecule has 0 heterocycles. The van der Waals surface area contributed by atoms with Crippen molar-refractivity contribution < 1.29 is 27.1 Å². The molecule has 0 bridgehead atoms. The summed E-state index contributed by atoms with van der Waals surface area (Å²) in [6.07, 6.45) is 1.02. The van der Waals surface area contributed by atoms with Gasteiger partial charge in [0, 0.05) is 11.9 Å². The van der Waals surface area contributed by atoms with E-state index in [1.807, 2.05) is 6.92 Å². The summed E-state index contributed by atoms with van der Waals surface area (Å²) in [6, 6.07) is 10.9. The van der Waals surface area contributed by atoms with Crippen molar-refractivity contribution in [3.05, 3.63) is 65.5 Å². The molecule has 0 aliphatic rings. The van der Waals surface area contributed by atoms with Crippen LogP contribution in [0, 0.1) is 5.82 Å². The summed E-state index contributed by atoms with van der Waals surface area (Å²) in [4.78, 5) is 11.3. The number of benzene rings is 2. The molecule has 0 amide bonds. The normalized spacial score (nSPS) is 11.7. The van der Waals surface area contributed by atoms with E-state index in [9.17, 15) is 17.6 Å². The smallest absolute Gasteiger partial charge is 0.351 e. The molecular weight excluding hydrogens is 361 g/mol. The number of carbonyl (C=O) groups excluding carboxylic acids is 1. The third-order valence-corrected chi connectivity index (χ3v) is 5.09. The van der Waals surface area contributed by atoms with Gasteiger partial charge in [-0.15, -0.1) is 0 Å². The highest BCUT2D eigenvalue weighted by Gasteiger charge is 2.28. The van der Waals surface area contributed by atoms with Gasteiger partial charge in [0.15, 0.2) is 4.91 Å². The van der Waals surface area contributed by atoms with E-state index in [1.54, 1.807) is 0 Å². The molecule has 0 aliphatic heterocycles. The first-order valence-electron chi connectivity index (χ1n) is 7.67. The standard InChI is InChI=1S/C18H18FNO5S/c1-3-25-15-8-10-16(11-9-15)26(22,23)17(18(21)24-2)12-20-14-6-4-13(19)5-7-14/h4-12,20H,3H2,1-2H3/b17-12-. The van der Waals surface area contributed by atoms with Gasteiger partial charge in [0.2, 0.25) is 9.84 Å². The highest BCUT2D eigenvalue weighted by atomic mass is 32.2. The average molecular weight is 379 g/mol. The zero-order valence-electron chi connectivity index (χ0n) is 14.2. The topological polar surface area (TPSA) is 81.7 Å². The number of nitrogens with one attached hydrogen (secondary N) is 1. The van der Waals surface area contributed by atoms with Gasteiger partial charge in [0.25, 0.3) is 0 Å². The minimum Gasteiger partial charge on any atom is -0.494 e. The van der Waals surface area contributed by atoms with Crippen LogP contribution in [0.1, 0.15) is 6.92 Å². The third-order valence-electron chi connectivity index (χ3n) is 3.34. The Morgan fingerprint density at radius 2 is 1.73 bits per heavy atom. The summed E-state index contributed by atoms with van der Waals surface area (Å²) >= 11 is 0. The first-order chi connectivity index (χ1) is 12.4. The van der Waals surface area contributed by atoms with E-state index in [1.165, 1.54) is 48.5 Å². The van der Waals surface area contributed by atoms with Gasteiger partial charge in [-0.3, -0.25) is 0 Å². The van der Waals surface area contributed by atoms with E-state index >= 15 is 0 Å². The minimum absolute atomic E-state index is 0.0847. The lowest BCUT2D eigenvalue weighted by Crippen LogP contribution is -2.17. The number of anilines is 1. The van der Waals surface area contributed by atoms with Crippen molar-refractivity contribution in [3.63, 3.8) is 0 Å². The number of hydrogen-bond donors (Lipinski definition) is 1. The number of carbonyl (C=O) groups is 1.